The number of amides is 11. The predicted octanol–water partition coefficient (Wildman–Crippen LogP) is -3.28. The number of unbranched alkanes of at least 4 members (excludes halogenated alkanes) is 3. The Kier molecular flexibility index (Phi) is 42.5. The fraction of sp³-hybridized carbons (Fsp3) is 0.470. The minimum atomic E-state index is -1.86. The van der Waals surface area contributed by atoms with Crippen LogP contribution in [0.15, 0.2) is 122 Å². The molecule has 680 valence electrons. The van der Waals surface area contributed by atoms with E-state index in [4.69, 9.17) is 45.2 Å². The van der Waals surface area contributed by atoms with Gasteiger partial charge in [0, 0.05) is 68.5 Å². The van der Waals surface area contributed by atoms with E-state index in [9.17, 15) is 68.7 Å². The predicted molar refractivity (Wildman–Crippen MR) is 460 cm³/mol. The van der Waals surface area contributed by atoms with Gasteiger partial charge in [-0.1, -0.05) is 72.8 Å². The number of nitrogens with one attached hydrogen (secondary N) is 17. The van der Waals surface area contributed by atoms with Crippen molar-refractivity contribution in [1.82, 2.24) is 84.1 Å². The molecule has 42 heteroatoms. The molecular formula is C83H120N24O18. The van der Waals surface area contributed by atoms with Gasteiger partial charge in [0.05, 0.1) is 24.2 Å². The monoisotopic (exact) mass is 1740 g/mol. The Morgan fingerprint density at radius 1 is 0.408 bits per heavy atom. The van der Waals surface area contributed by atoms with Crippen molar-refractivity contribution >= 4 is 99.7 Å². The number of carbonyl (C=O) groups is 13. The SMILES string of the molecule is C[C@@H](O)[C@H](NC(=O)[C@@H](Cc1ccc(O)cc1)NC(=O)[C@H](CCCNC(=N)N)NC(=O)[C@H](CCC(=O)O)NC(=O)[C@@H](CCCCN)NC(=O)[C@@H](CCCCN)NC(=O)[C@H](Cc1c[nH]cn1)NC(=O)[C@H](Cc1c[nH]c2ccccc12)NC(=O)[C@@H](CCCNC(=N)N)NC(=O)[C@H](CCCCN)NC(=O)[C@H](Cc1ccc(O)cc1)NC(=O)[C@@H](N)Cc1ccccc1)C(=O)O. The third kappa shape index (κ3) is 35.6. The first-order valence-electron chi connectivity index (χ1n) is 41.4. The second kappa shape index (κ2) is 52.9. The largest absolute Gasteiger partial charge is 0.508 e. The number of hydrogen-bond acceptors (Lipinski definition) is 23. The molecule has 34 N–H and O–H groups in total. The first-order valence-corrected chi connectivity index (χ1v) is 41.4. The van der Waals surface area contributed by atoms with Crippen LogP contribution in [0.5, 0.6) is 11.5 Å². The number of aliphatic hydroxyl groups excluding tert-OH is 1. The first-order chi connectivity index (χ1) is 59.7. The number of nitrogens with two attached hydrogens (primary N) is 6. The fourth-order valence-corrected chi connectivity index (χ4v) is 13.5. The Morgan fingerprint density at radius 2 is 0.760 bits per heavy atom. The number of aromatic amines is 2. The molecule has 11 amide bonds. The molecule has 0 saturated heterocycles. The lowest BCUT2D eigenvalue weighted by atomic mass is 10.0. The van der Waals surface area contributed by atoms with Crippen LogP contribution in [0.25, 0.3) is 10.9 Å². The summed E-state index contributed by atoms with van der Waals surface area (Å²) in [5, 5.41) is 100. The van der Waals surface area contributed by atoms with E-state index >= 15 is 19.2 Å². The van der Waals surface area contributed by atoms with Crippen molar-refractivity contribution in [2.45, 2.75) is 214 Å². The number of imidazole rings is 1. The highest BCUT2D eigenvalue weighted by atomic mass is 16.4. The van der Waals surface area contributed by atoms with E-state index in [1.165, 1.54) is 48.9 Å². The molecule has 2 heterocycles. The minimum Gasteiger partial charge on any atom is -0.508 e. The van der Waals surface area contributed by atoms with Crippen LogP contribution >= 0.6 is 0 Å². The summed E-state index contributed by atoms with van der Waals surface area (Å²) in [5.74, 6) is -14.7. The zero-order valence-electron chi connectivity index (χ0n) is 69.7. The van der Waals surface area contributed by atoms with Crippen molar-refractivity contribution in [3.63, 3.8) is 0 Å². The number of nitrogens with zero attached hydrogens (tertiary/aromatic N) is 1. The van der Waals surface area contributed by atoms with Crippen LogP contribution in [0.2, 0.25) is 0 Å². The number of aromatic hydroxyl groups is 2. The summed E-state index contributed by atoms with van der Waals surface area (Å²) in [6, 6.07) is 8.62. The number of aliphatic carboxylic acids is 2. The van der Waals surface area contributed by atoms with E-state index in [0.717, 1.165) is 12.5 Å². The van der Waals surface area contributed by atoms with Crippen molar-refractivity contribution in [3.8, 4) is 11.5 Å². The zero-order chi connectivity index (χ0) is 91.5. The van der Waals surface area contributed by atoms with Crippen LogP contribution in [0.4, 0.5) is 0 Å². The molecule has 2 aromatic heterocycles. The van der Waals surface area contributed by atoms with Gasteiger partial charge in [-0.3, -0.25) is 68.4 Å². The fourth-order valence-electron chi connectivity index (χ4n) is 13.5. The van der Waals surface area contributed by atoms with Crippen LogP contribution in [0.1, 0.15) is 131 Å². The number of rotatable bonds is 57. The number of fused-ring (bicyclic) bond motifs is 1. The zero-order valence-corrected chi connectivity index (χ0v) is 69.7. The lowest BCUT2D eigenvalue weighted by Crippen LogP contribution is -2.61. The summed E-state index contributed by atoms with van der Waals surface area (Å²) in [5.41, 5.74) is 38.3. The summed E-state index contributed by atoms with van der Waals surface area (Å²) in [6.07, 6.45) is 1.24. The van der Waals surface area contributed by atoms with Gasteiger partial charge in [0.1, 0.15) is 71.9 Å². The third-order valence-electron chi connectivity index (χ3n) is 20.3. The van der Waals surface area contributed by atoms with Crippen molar-refractivity contribution in [2.24, 2.45) is 34.4 Å². The van der Waals surface area contributed by atoms with Crippen molar-refractivity contribution < 1.29 is 87.9 Å². The molecule has 4 aromatic carbocycles. The third-order valence-corrected chi connectivity index (χ3v) is 20.3. The van der Waals surface area contributed by atoms with E-state index < -0.39 is 180 Å². The van der Waals surface area contributed by atoms with Crippen LogP contribution in [-0.4, -0.2) is 241 Å². The number of phenolic OH excluding ortho intramolecular Hbond substituents is 2. The summed E-state index contributed by atoms with van der Waals surface area (Å²) >= 11 is 0. The Hall–Kier alpha value is -13.3. The molecule has 6 rings (SSSR count). The molecule has 6 aromatic rings. The van der Waals surface area contributed by atoms with Gasteiger partial charge in [-0.05, 0) is 175 Å². The number of aromatic nitrogens is 3. The molecule has 0 aliphatic heterocycles. The van der Waals surface area contributed by atoms with Gasteiger partial charge in [0.15, 0.2) is 18.0 Å². The maximum Gasteiger partial charge on any atom is 0.328 e. The van der Waals surface area contributed by atoms with Crippen LogP contribution in [0.3, 0.4) is 0 Å². The number of guanidine groups is 2. The number of phenols is 2. The van der Waals surface area contributed by atoms with E-state index in [0.29, 0.717) is 40.4 Å². The van der Waals surface area contributed by atoms with Gasteiger partial charge in [0.25, 0.3) is 0 Å². The highest BCUT2D eigenvalue weighted by Gasteiger charge is 2.39. The number of para-hydroxylation sites is 1. The molecule has 0 aliphatic carbocycles. The average Bonchev–Trinajstić information content (AvgIpc) is 1.72. The lowest BCUT2D eigenvalue weighted by molar-refractivity contribution is -0.145. The van der Waals surface area contributed by atoms with E-state index in [-0.39, 0.29) is 153 Å². The Bertz CT molecular complexity index is 4520. The second-order valence-corrected chi connectivity index (χ2v) is 30.3. The summed E-state index contributed by atoms with van der Waals surface area (Å²) in [7, 11) is 0. The van der Waals surface area contributed by atoms with Gasteiger partial charge in [-0.25, -0.2) is 9.78 Å². The van der Waals surface area contributed by atoms with Crippen LogP contribution in [0, 0.1) is 10.8 Å². The molecule has 125 heavy (non-hydrogen) atoms. The van der Waals surface area contributed by atoms with Gasteiger partial charge >= 0.3 is 11.9 Å². The van der Waals surface area contributed by atoms with Crippen molar-refractivity contribution in [2.75, 3.05) is 32.7 Å². The highest BCUT2D eigenvalue weighted by molar-refractivity contribution is 6.00. The van der Waals surface area contributed by atoms with Crippen LogP contribution in [-0.2, 0) is 94.4 Å². The Labute approximate surface area is 721 Å². The molecule has 13 atom stereocenters. The Balaban J connectivity index is 1.31. The first kappa shape index (κ1) is 100. The lowest BCUT2D eigenvalue weighted by Gasteiger charge is -2.29. The van der Waals surface area contributed by atoms with Gasteiger partial charge in [-0.15, -0.1) is 0 Å². The molecule has 0 aliphatic rings. The number of carboxylic acid groups (broad SMARTS) is 2. The molecule has 0 radical (unpaired) electrons. The summed E-state index contributed by atoms with van der Waals surface area (Å²) < 4.78 is 0. The smallest absolute Gasteiger partial charge is 0.328 e. The summed E-state index contributed by atoms with van der Waals surface area (Å²) in [6.45, 7) is 1.51. The standard InChI is InChI=1S/C83H120N24O18/c1-47(108)69(81(124)125)107-80(123)65(41-50-26-30-54(110)31-27-50)104-74(117)61(22-13-37-93-82(88)89)99-76(119)63(32-33-68(111)112)102-73(116)58(19-7-10-34-84)97-71(114)60(21-9-12-36-86)101-79(122)67(43-52-45-92-46-96-52)106-78(121)66(42-51-44-95-57-18-6-5-17-55(51)57)105-75(118)62(23-14-38-94-83(90)91)98-72(115)59(20-8-11-35-85)100-77(120)64(40-49-24-28-53(109)29-25-49)103-70(113)56(87)39-48-15-3-2-4-16-48/h2-6,15-18,24-31,44-47,56,58-67,69,95,108-110H,7-14,19-23,32-43,84-87H2,1H3,(H,92,96)(H,97,114)(H,98,115)(H,99,119)(H,100,120)(H,101,122)(H,102,116)(H,103,113)(H,104,117)(H,105,118)(H,106,121)(H,107,123)(H,111,112)(H,124,125)(H4,88,89,93)(H4,90,91,94)/t47-,56+,58-,59+,60-,61+,62-,63+,64+,65-,66+,67+,69+/m1/s1. The maximum atomic E-state index is 15.5. The quantitative estimate of drug-likeness (QED) is 0.0101. The summed E-state index contributed by atoms with van der Waals surface area (Å²) in [4.78, 5) is 197. The molecule has 0 bridgehead atoms. The van der Waals surface area contributed by atoms with Gasteiger partial charge in [0.2, 0.25) is 65.0 Å². The van der Waals surface area contributed by atoms with E-state index in [1.807, 2.05) is 0 Å². The topological polar surface area (TPSA) is 728 Å². The molecule has 0 unspecified atom stereocenters. The van der Waals surface area contributed by atoms with Crippen molar-refractivity contribution in [3.05, 3.63) is 150 Å². The molecular weight excluding hydrogens is 1620 g/mol. The second-order valence-electron chi connectivity index (χ2n) is 30.3. The normalized spacial score (nSPS) is 14.3. The van der Waals surface area contributed by atoms with E-state index in [1.54, 1.807) is 72.9 Å². The van der Waals surface area contributed by atoms with Crippen LogP contribution < -0.4 is 104 Å². The average molecular weight is 1740 g/mol. The Morgan fingerprint density at radius 3 is 1.14 bits per heavy atom. The number of H-pyrrole nitrogens is 2. The van der Waals surface area contributed by atoms with Crippen molar-refractivity contribution in [1.29, 1.82) is 10.8 Å². The van der Waals surface area contributed by atoms with E-state index in [2.05, 4.69) is 84.1 Å². The minimum absolute atomic E-state index is 0.00988. The number of aliphatic hydroxyl groups is 1. The molecule has 0 spiro atoms. The number of carboxylic acids is 2. The van der Waals surface area contributed by atoms with Gasteiger partial charge < -0.3 is 139 Å². The molecule has 0 saturated carbocycles. The number of carbonyl (C=O) groups excluding carboxylic acids is 11. The maximum absolute atomic E-state index is 15.5. The molecule has 42 nitrogen and oxygen atoms in total. The number of hydrogen-bond donors (Lipinski definition) is 28. The highest BCUT2D eigenvalue weighted by Crippen LogP contribution is 2.22. The van der Waals surface area contributed by atoms with Gasteiger partial charge in [-0.2, -0.15) is 0 Å². The molecule has 0 fully saturated rings. The number of benzene rings is 4.